The summed E-state index contributed by atoms with van der Waals surface area (Å²) in [5.74, 6) is -0.132. The maximum Gasteiger partial charge on any atom is 0.241 e. The molecule has 1 aliphatic rings. The summed E-state index contributed by atoms with van der Waals surface area (Å²) in [6.07, 6.45) is 3.89. The van der Waals surface area contributed by atoms with Gasteiger partial charge in [0.1, 0.15) is 5.82 Å². The van der Waals surface area contributed by atoms with E-state index in [1.807, 2.05) is 6.92 Å². The van der Waals surface area contributed by atoms with Gasteiger partial charge in [-0.3, -0.25) is 0 Å². The van der Waals surface area contributed by atoms with E-state index in [2.05, 4.69) is 9.44 Å². The Morgan fingerprint density at radius 2 is 1.40 bits per heavy atom. The van der Waals surface area contributed by atoms with Crippen LogP contribution in [0.25, 0.3) is 0 Å². The van der Waals surface area contributed by atoms with Crippen LogP contribution in [0.4, 0.5) is 4.39 Å². The molecule has 0 aliphatic heterocycles. The van der Waals surface area contributed by atoms with Crippen molar-refractivity contribution in [3.63, 3.8) is 0 Å². The second-order valence-electron chi connectivity index (χ2n) is 7.86. The highest BCUT2D eigenvalue weighted by molar-refractivity contribution is 7.90. The molecule has 0 spiro atoms. The predicted molar refractivity (Wildman–Crippen MR) is 113 cm³/mol. The first-order valence-electron chi connectivity index (χ1n) is 9.99. The smallest absolute Gasteiger partial charge is 0.208 e. The van der Waals surface area contributed by atoms with Crippen LogP contribution < -0.4 is 9.44 Å². The van der Waals surface area contributed by atoms with Gasteiger partial charge in [-0.1, -0.05) is 31.9 Å². The van der Waals surface area contributed by atoms with E-state index in [4.69, 9.17) is 0 Å². The SMILES string of the molecule is C[C@H](NS(=O)(=O)c1ccc(S(=O)(=O)N[C@H]2CCCC[C@@H]2C)cc1)c1ccc(F)cc1. The fourth-order valence-corrected chi connectivity index (χ4v) is 6.29. The molecule has 3 rings (SSSR count). The molecule has 9 heteroatoms. The third-order valence-corrected chi connectivity index (χ3v) is 8.63. The number of hydrogen-bond acceptors (Lipinski definition) is 4. The summed E-state index contributed by atoms with van der Waals surface area (Å²) < 4.78 is 69.0. The molecule has 0 amide bonds. The minimum atomic E-state index is -3.87. The molecule has 3 atom stereocenters. The van der Waals surface area contributed by atoms with Gasteiger partial charge in [-0.05, 0) is 67.6 Å². The quantitative estimate of drug-likeness (QED) is 0.667. The van der Waals surface area contributed by atoms with Crippen LogP contribution in [0, 0.1) is 11.7 Å². The molecule has 0 unspecified atom stereocenters. The van der Waals surface area contributed by atoms with E-state index in [0.717, 1.165) is 25.7 Å². The standard InChI is InChI=1S/C21H27FN2O4S2/c1-15-5-3-4-6-21(15)24-30(27,28)20-13-11-19(12-14-20)29(25,26)23-16(2)17-7-9-18(22)10-8-17/h7-16,21,23-24H,3-6H2,1-2H3/t15-,16-,21-/m0/s1. The third kappa shape index (κ3) is 5.46. The monoisotopic (exact) mass is 454 g/mol. The van der Waals surface area contributed by atoms with E-state index >= 15 is 0 Å². The number of halogens is 1. The molecular formula is C21H27FN2O4S2. The number of rotatable bonds is 7. The van der Waals surface area contributed by atoms with Crippen molar-refractivity contribution in [1.29, 1.82) is 0 Å². The highest BCUT2D eigenvalue weighted by atomic mass is 32.2. The fraction of sp³-hybridized carbons (Fsp3) is 0.429. The van der Waals surface area contributed by atoms with E-state index in [-0.39, 0.29) is 21.8 Å². The van der Waals surface area contributed by atoms with Crippen LogP contribution in [0.5, 0.6) is 0 Å². The van der Waals surface area contributed by atoms with Gasteiger partial charge in [0.05, 0.1) is 9.79 Å². The van der Waals surface area contributed by atoms with Crippen LogP contribution >= 0.6 is 0 Å². The van der Waals surface area contributed by atoms with Crippen molar-refractivity contribution in [2.45, 2.75) is 61.4 Å². The van der Waals surface area contributed by atoms with Crippen LogP contribution in [0.15, 0.2) is 58.3 Å². The largest absolute Gasteiger partial charge is 0.241 e. The summed E-state index contributed by atoms with van der Waals surface area (Å²) >= 11 is 0. The summed E-state index contributed by atoms with van der Waals surface area (Å²) in [7, 11) is -7.60. The van der Waals surface area contributed by atoms with Gasteiger partial charge in [-0.2, -0.15) is 0 Å². The van der Waals surface area contributed by atoms with Gasteiger partial charge in [-0.15, -0.1) is 0 Å². The van der Waals surface area contributed by atoms with Gasteiger partial charge in [0.15, 0.2) is 0 Å². The average molecular weight is 455 g/mol. The molecule has 0 aromatic heterocycles. The van der Waals surface area contributed by atoms with Crippen molar-refractivity contribution in [2.24, 2.45) is 5.92 Å². The maximum atomic E-state index is 13.1. The van der Waals surface area contributed by atoms with Gasteiger partial charge in [-0.25, -0.2) is 30.7 Å². The molecular weight excluding hydrogens is 427 g/mol. The van der Waals surface area contributed by atoms with E-state index in [1.165, 1.54) is 48.5 Å². The summed E-state index contributed by atoms with van der Waals surface area (Å²) in [5.41, 5.74) is 0.616. The average Bonchev–Trinajstić information content (AvgIpc) is 2.70. The Hall–Kier alpha value is -1.81. The molecule has 1 saturated carbocycles. The van der Waals surface area contributed by atoms with E-state index < -0.39 is 31.9 Å². The van der Waals surface area contributed by atoms with Crippen LogP contribution in [-0.4, -0.2) is 22.9 Å². The second kappa shape index (κ2) is 9.13. The first-order valence-corrected chi connectivity index (χ1v) is 13.0. The number of sulfonamides is 2. The number of hydrogen-bond donors (Lipinski definition) is 2. The van der Waals surface area contributed by atoms with Crippen LogP contribution in [0.3, 0.4) is 0 Å². The minimum absolute atomic E-state index is 0.0332. The zero-order valence-corrected chi connectivity index (χ0v) is 18.6. The van der Waals surface area contributed by atoms with Crippen molar-refractivity contribution >= 4 is 20.0 Å². The molecule has 0 heterocycles. The summed E-state index contributed by atoms with van der Waals surface area (Å²) in [6.45, 7) is 3.69. The van der Waals surface area contributed by atoms with Crippen molar-refractivity contribution in [1.82, 2.24) is 9.44 Å². The highest BCUT2D eigenvalue weighted by Gasteiger charge is 2.27. The molecule has 2 aromatic rings. The van der Waals surface area contributed by atoms with Crippen LogP contribution in [0.2, 0.25) is 0 Å². The van der Waals surface area contributed by atoms with Crippen molar-refractivity contribution in [3.05, 3.63) is 59.9 Å². The molecule has 1 aliphatic carbocycles. The Labute approximate surface area is 178 Å². The van der Waals surface area contributed by atoms with E-state index in [1.54, 1.807) is 6.92 Å². The predicted octanol–water partition coefficient (Wildman–Crippen LogP) is 3.72. The lowest BCUT2D eigenvalue weighted by Crippen LogP contribution is -2.40. The van der Waals surface area contributed by atoms with Crippen molar-refractivity contribution in [3.8, 4) is 0 Å². The van der Waals surface area contributed by atoms with Gasteiger partial charge < -0.3 is 0 Å². The second-order valence-corrected chi connectivity index (χ2v) is 11.3. The maximum absolute atomic E-state index is 13.1. The summed E-state index contributed by atoms with van der Waals surface area (Å²) in [4.78, 5) is -0.00717. The fourth-order valence-electron chi connectivity index (χ4n) is 3.68. The first-order chi connectivity index (χ1) is 14.1. The normalized spacial score (nSPS) is 21.3. The van der Waals surface area contributed by atoms with Crippen LogP contribution in [0.1, 0.15) is 51.1 Å². The zero-order chi connectivity index (χ0) is 21.9. The molecule has 2 aromatic carbocycles. The van der Waals surface area contributed by atoms with Crippen LogP contribution in [-0.2, 0) is 20.0 Å². The Morgan fingerprint density at radius 3 is 1.97 bits per heavy atom. The van der Waals surface area contributed by atoms with Gasteiger partial charge in [0.2, 0.25) is 20.0 Å². The molecule has 164 valence electrons. The Morgan fingerprint density at radius 1 is 0.867 bits per heavy atom. The minimum Gasteiger partial charge on any atom is -0.208 e. The lowest BCUT2D eigenvalue weighted by atomic mass is 9.87. The number of benzene rings is 2. The lowest BCUT2D eigenvalue weighted by molar-refractivity contribution is 0.310. The highest BCUT2D eigenvalue weighted by Crippen LogP contribution is 2.26. The zero-order valence-electron chi connectivity index (χ0n) is 17.0. The third-order valence-electron chi connectivity index (χ3n) is 5.56. The number of nitrogens with one attached hydrogen (secondary N) is 2. The first kappa shape index (κ1) is 22.9. The lowest BCUT2D eigenvalue weighted by Gasteiger charge is -2.29. The van der Waals surface area contributed by atoms with Gasteiger partial charge in [0.25, 0.3) is 0 Å². The molecule has 0 radical (unpaired) electrons. The topological polar surface area (TPSA) is 92.3 Å². The Kier molecular flexibility index (Phi) is 6.96. The molecule has 0 bridgehead atoms. The molecule has 2 N–H and O–H groups in total. The van der Waals surface area contributed by atoms with E-state index in [9.17, 15) is 21.2 Å². The summed E-state index contributed by atoms with van der Waals surface area (Å²) in [6, 6.07) is 10.0. The van der Waals surface area contributed by atoms with Gasteiger partial charge >= 0.3 is 0 Å². The molecule has 1 fully saturated rings. The molecule has 0 saturated heterocycles. The van der Waals surface area contributed by atoms with Crippen molar-refractivity contribution in [2.75, 3.05) is 0 Å². The molecule has 6 nitrogen and oxygen atoms in total. The van der Waals surface area contributed by atoms with Crippen molar-refractivity contribution < 1.29 is 21.2 Å². The summed E-state index contributed by atoms with van der Waals surface area (Å²) in [5, 5.41) is 0. The molecule has 30 heavy (non-hydrogen) atoms. The van der Waals surface area contributed by atoms with Gasteiger partial charge in [0, 0.05) is 12.1 Å². The Balaban J connectivity index is 1.72. The Bertz CT molecular complexity index is 1070. The van der Waals surface area contributed by atoms with E-state index in [0.29, 0.717) is 5.56 Å².